The van der Waals surface area contributed by atoms with E-state index in [4.69, 9.17) is 4.74 Å². The second-order valence-corrected chi connectivity index (χ2v) is 10.0. The maximum atomic E-state index is 13.0. The van der Waals surface area contributed by atoms with Gasteiger partial charge >= 0.3 is 0 Å². The molecule has 0 bridgehead atoms. The number of phenols is 1. The molecular formula is C24H30N4O3. The van der Waals surface area contributed by atoms with Crippen molar-refractivity contribution in [2.24, 2.45) is 17.8 Å². The lowest BCUT2D eigenvalue weighted by molar-refractivity contribution is -0.0375. The molecule has 2 heterocycles. The fourth-order valence-corrected chi connectivity index (χ4v) is 5.40. The zero-order chi connectivity index (χ0) is 20.9. The third-order valence-corrected chi connectivity index (χ3v) is 7.57. The van der Waals surface area contributed by atoms with Crippen molar-refractivity contribution in [3.05, 3.63) is 41.7 Å². The lowest BCUT2D eigenvalue weighted by Gasteiger charge is -2.37. The molecule has 1 saturated heterocycles. The minimum Gasteiger partial charge on any atom is -0.508 e. The molecule has 1 aromatic heterocycles. The van der Waals surface area contributed by atoms with E-state index in [1.165, 1.54) is 25.7 Å². The molecule has 0 radical (unpaired) electrons. The van der Waals surface area contributed by atoms with Gasteiger partial charge in [-0.15, -0.1) is 5.10 Å². The van der Waals surface area contributed by atoms with Crippen molar-refractivity contribution >= 4 is 5.91 Å². The quantitative estimate of drug-likeness (QED) is 0.772. The van der Waals surface area contributed by atoms with Crippen LogP contribution in [0.4, 0.5) is 0 Å². The number of nitrogens with zero attached hydrogens (tertiary/aromatic N) is 4. The Balaban J connectivity index is 1.19. The van der Waals surface area contributed by atoms with E-state index >= 15 is 0 Å². The third kappa shape index (κ3) is 3.95. The fraction of sp³-hybridized carbons (Fsp3) is 0.625. The number of ether oxygens (including phenoxy) is 1. The van der Waals surface area contributed by atoms with Gasteiger partial charge in [0, 0.05) is 37.4 Å². The monoisotopic (exact) mass is 422 g/mol. The van der Waals surface area contributed by atoms with Gasteiger partial charge in [0.2, 0.25) is 0 Å². The topological polar surface area (TPSA) is 80.5 Å². The smallest absolute Gasteiger partial charge is 0.254 e. The van der Waals surface area contributed by atoms with Gasteiger partial charge in [-0.25, -0.2) is 4.68 Å². The summed E-state index contributed by atoms with van der Waals surface area (Å²) in [6.07, 6.45) is 9.22. The van der Waals surface area contributed by atoms with Crippen LogP contribution in [0.15, 0.2) is 30.5 Å². The van der Waals surface area contributed by atoms with E-state index in [1.54, 1.807) is 24.3 Å². The maximum Gasteiger partial charge on any atom is 0.254 e. The van der Waals surface area contributed by atoms with Gasteiger partial charge in [-0.2, -0.15) is 0 Å². The van der Waals surface area contributed by atoms with Crippen molar-refractivity contribution in [3.8, 4) is 5.75 Å². The predicted octanol–water partition coefficient (Wildman–Crippen LogP) is 3.38. The number of hydrogen-bond acceptors (Lipinski definition) is 5. The highest BCUT2D eigenvalue weighted by atomic mass is 16.5. The number of hydrogen-bond donors (Lipinski definition) is 1. The van der Waals surface area contributed by atoms with Crippen LogP contribution in [0.2, 0.25) is 0 Å². The molecule has 4 aliphatic rings. The van der Waals surface area contributed by atoms with E-state index in [-0.39, 0.29) is 23.8 Å². The van der Waals surface area contributed by atoms with Crippen LogP contribution in [0.25, 0.3) is 0 Å². The molecule has 7 nitrogen and oxygen atoms in total. The Morgan fingerprint density at radius 1 is 1.13 bits per heavy atom. The molecule has 2 aromatic rings. The predicted molar refractivity (Wildman–Crippen MR) is 114 cm³/mol. The van der Waals surface area contributed by atoms with E-state index in [0.29, 0.717) is 23.3 Å². The Morgan fingerprint density at radius 2 is 1.94 bits per heavy atom. The molecule has 1 N–H and O–H groups in total. The minimum absolute atomic E-state index is 0.00840. The maximum absolute atomic E-state index is 13.0. The van der Waals surface area contributed by atoms with Crippen LogP contribution in [0, 0.1) is 17.8 Å². The van der Waals surface area contributed by atoms with Gasteiger partial charge in [0.1, 0.15) is 5.75 Å². The Morgan fingerprint density at radius 3 is 2.68 bits per heavy atom. The van der Waals surface area contributed by atoms with Crippen LogP contribution < -0.4 is 0 Å². The molecule has 4 fully saturated rings. The highest BCUT2D eigenvalue weighted by molar-refractivity contribution is 5.94. The number of likely N-dealkylation sites (tertiary alicyclic amines) is 1. The molecule has 1 amide bonds. The van der Waals surface area contributed by atoms with E-state index in [0.717, 1.165) is 44.1 Å². The van der Waals surface area contributed by atoms with E-state index < -0.39 is 0 Å². The Hall–Kier alpha value is -2.41. The zero-order valence-electron chi connectivity index (χ0n) is 17.8. The first kappa shape index (κ1) is 19.3. The average Bonchev–Trinajstić information content (AvgIpc) is 3.70. The normalized spacial score (nSPS) is 30.4. The summed E-state index contributed by atoms with van der Waals surface area (Å²) in [6.45, 7) is 2.36. The second-order valence-electron chi connectivity index (χ2n) is 10.0. The Labute approximate surface area is 182 Å². The van der Waals surface area contributed by atoms with E-state index in [9.17, 15) is 9.90 Å². The number of rotatable bonds is 6. The van der Waals surface area contributed by atoms with Crippen molar-refractivity contribution in [1.82, 2.24) is 19.9 Å². The summed E-state index contributed by atoms with van der Waals surface area (Å²) in [6, 6.07) is 6.86. The average molecular weight is 423 g/mol. The van der Waals surface area contributed by atoms with Gasteiger partial charge in [0.15, 0.2) is 0 Å². The van der Waals surface area contributed by atoms with Gasteiger partial charge < -0.3 is 14.7 Å². The second kappa shape index (κ2) is 7.62. The molecule has 164 valence electrons. The Bertz CT molecular complexity index is 967. The summed E-state index contributed by atoms with van der Waals surface area (Å²) in [7, 11) is 0. The number of fused-ring (bicyclic) bond motifs is 1. The molecular weight excluding hydrogens is 392 g/mol. The largest absolute Gasteiger partial charge is 0.508 e. The summed E-state index contributed by atoms with van der Waals surface area (Å²) in [5.41, 5.74) is 1.68. The van der Waals surface area contributed by atoms with Crippen LogP contribution in [0.3, 0.4) is 0 Å². The minimum atomic E-state index is 0.00840. The summed E-state index contributed by atoms with van der Waals surface area (Å²) < 4.78 is 8.50. The fourth-order valence-electron chi connectivity index (χ4n) is 5.40. The molecule has 4 atom stereocenters. The lowest BCUT2D eigenvalue weighted by Crippen LogP contribution is -2.38. The first-order valence-electron chi connectivity index (χ1n) is 11.8. The third-order valence-electron chi connectivity index (χ3n) is 7.57. The number of aromatic hydroxyl groups is 1. The number of benzene rings is 1. The van der Waals surface area contributed by atoms with Crippen molar-refractivity contribution in [2.75, 3.05) is 19.7 Å². The van der Waals surface area contributed by atoms with Crippen molar-refractivity contribution in [2.45, 2.75) is 56.6 Å². The van der Waals surface area contributed by atoms with Crippen LogP contribution in [-0.4, -0.2) is 56.7 Å². The van der Waals surface area contributed by atoms with Crippen molar-refractivity contribution in [1.29, 1.82) is 0 Å². The number of carbonyl (C=O) groups is 1. The standard InChI is InChI=1S/C24H30N4O3/c29-20-3-1-2-17(8-20)24(30)27-11-18-9-22(28-13-21(25-26-28)16-6-7-16)23(10-19(18)12-27)31-14-15-4-5-15/h1-3,8,13,15-16,18-19,22-23,29H,4-7,9-12,14H2/t18-,19+,22-,23-/m1/s1. The van der Waals surface area contributed by atoms with Gasteiger partial charge in [-0.3, -0.25) is 4.79 Å². The van der Waals surface area contributed by atoms with Crippen LogP contribution >= 0.6 is 0 Å². The Kier molecular flexibility index (Phi) is 4.74. The lowest BCUT2D eigenvalue weighted by atomic mass is 9.77. The van der Waals surface area contributed by atoms with E-state index in [2.05, 4.69) is 21.2 Å². The first-order valence-corrected chi connectivity index (χ1v) is 11.8. The highest BCUT2D eigenvalue weighted by Crippen LogP contribution is 2.44. The molecule has 1 aromatic carbocycles. The van der Waals surface area contributed by atoms with E-state index in [1.807, 2.05) is 4.90 Å². The van der Waals surface area contributed by atoms with Gasteiger partial charge in [-0.05, 0) is 74.5 Å². The van der Waals surface area contributed by atoms with Crippen molar-refractivity contribution in [3.63, 3.8) is 0 Å². The molecule has 3 saturated carbocycles. The number of amides is 1. The van der Waals surface area contributed by atoms with Gasteiger partial charge in [0.05, 0.1) is 17.8 Å². The van der Waals surface area contributed by atoms with Crippen LogP contribution in [-0.2, 0) is 4.74 Å². The SMILES string of the molecule is O=C(c1cccc(O)c1)N1C[C@H]2C[C@@H](n3cc(C4CC4)nn3)[C@H](OCC3CC3)C[C@H]2C1. The molecule has 0 unspecified atom stereocenters. The van der Waals surface area contributed by atoms with Crippen LogP contribution in [0.1, 0.15) is 66.5 Å². The summed E-state index contributed by atoms with van der Waals surface area (Å²) in [4.78, 5) is 15.0. The van der Waals surface area contributed by atoms with Gasteiger partial charge in [0.25, 0.3) is 5.91 Å². The number of aromatic nitrogens is 3. The highest BCUT2D eigenvalue weighted by Gasteiger charge is 2.45. The molecule has 6 rings (SSSR count). The first-order chi connectivity index (χ1) is 15.1. The van der Waals surface area contributed by atoms with Crippen molar-refractivity contribution < 1.29 is 14.6 Å². The van der Waals surface area contributed by atoms with Crippen LogP contribution in [0.5, 0.6) is 5.75 Å². The molecule has 1 aliphatic heterocycles. The molecule has 7 heteroatoms. The zero-order valence-corrected chi connectivity index (χ0v) is 17.8. The molecule has 31 heavy (non-hydrogen) atoms. The number of carbonyl (C=O) groups excluding carboxylic acids is 1. The summed E-state index contributed by atoms with van der Waals surface area (Å²) in [5, 5.41) is 18.7. The molecule has 0 spiro atoms. The van der Waals surface area contributed by atoms with Gasteiger partial charge in [-0.1, -0.05) is 11.3 Å². The number of phenolic OH excluding ortho intramolecular Hbond substituents is 1. The summed E-state index contributed by atoms with van der Waals surface area (Å²) >= 11 is 0. The summed E-state index contributed by atoms with van der Waals surface area (Å²) in [5.74, 6) is 2.36. The molecule has 3 aliphatic carbocycles.